The van der Waals surface area contributed by atoms with Crippen molar-refractivity contribution in [2.75, 3.05) is 13.7 Å². The maximum absolute atomic E-state index is 11.2. The summed E-state index contributed by atoms with van der Waals surface area (Å²) < 4.78 is 5.39. The molecule has 1 saturated heterocycles. The molecule has 4 nitrogen and oxygen atoms in total. The summed E-state index contributed by atoms with van der Waals surface area (Å²) in [7, 11) is 1.64. The second-order valence-corrected chi connectivity index (χ2v) is 7.92. The van der Waals surface area contributed by atoms with Crippen molar-refractivity contribution < 1.29 is 9.84 Å². The number of piperidine rings is 1. The number of methoxy groups -OCH3 is 1. The van der Waals surface area contributed by atoms with Crippen LogP contribution >= 0.6 is 23.2 Å². The smallest absolute Gasteiger partial charge is 0.119 e. The van der Waals surface area contributed by atoms with Gasteiger partial charge in [0.25, 0.3) is 0 Å². The van der Waals surface area contributed by atoms with Crippen LogP contribution in [0.3, 0.4) is 0 Å². The van der Waals surface area contributed by atoms with E-state index in [-0.39, 0.29) is 6.04 Å². The maximum Gasteiger partial charge on any atom is 0.119 e. The molecular weight excluding hydrogens is 395 g/mol. The Hall–Kier alpha value is -1.85. The zero-order chi connectivity index (χ0) is 19.7. The van der Waals surface area contributed by atoms with Crippen molar-refractivity contribution in [1.29, 1.82) is 0 Å². The Labute approximate surface area is 174 Å². The average Bonchev–Trinajstić information content (AvgIpc) is 2.74. The number of rotatable bonds is 4. The van der Waals surface area contributed by atoms with Gasteiger partial charge in [0.05, 0.1) is 34.5 Å². The fourth-order valence-electron chi connectivity index (χ4n) is 3.77. The number of pyridine rings is 1. The lowest BCUT2D eigenvalue weighted by Crippen LogP contribution is -2.38. The van der Waals surface area contributed by atoms with Crippen molar-refractivity contribution in [2.45, 2.75) is 31.4 Å². The van der Waals surface area contributed by atoms with E-state index in [0.29, 0.717) is 10.0 Å². The highest BCUT2D eigenvalue weighted by Gasteiger charge is 2.25. The van der Waals surface area contributed by atoms with Gasteiger partial charge < -0.3 is 15.2 Å². The fourth-order valence-corrected chi connectivity index (χ4v) is 4.07. The molecule has 1 aliphatic heterocycles. The number of hydrogen-bond donors (Lipinski definition) is 2. The number of halogens is 2. The van der Waals surface area contributed by atoms with Gasteiger partial charge in [0.1, 0.15) is 5.75 Å². The van der Waals surface area contributed by atoms with Gasteiger partial charge in [-0.25, -0.2) is 4.98 Å². The van der Waals surface area contributed by atoms with E-state index in [0.717, 1.165) is 59.3 Å². The topological polar surface area (TPSA) is 54.4 Å². The summed E-state index contributed by atoms with van der Waals surface area (Å²) in [6.07, 6.45) is 2.56. The predicted octanol–water partition coefficient (Wildman–Crippen LogP) is 5.39. The number of nitrogens with zero attached hydrogens (tertiary/aromatic N) is 1. The number of ether oxygens (including phenoxy) is 1. The first-order chi connectivity index (χ1) is 13.6. The molecule has 0 radical (unpaired) electrons. The molecule has 6 heteroatoms. The van der Waals surface area contributed by atoms with Crippen LogP contribution in [0.1, 0.15) is 30.9 Å². The highest BCUT2D eigenvalue weighted by Crippen LogP contribution is 2.35. The number of aliphatic hydroxyl groups is 1. The fraction of sp³-hybridized carbons (Fsp3) is 0.318. The van der Waals surface area contributed by atoms with Crippen LogP contribution in [0.5, 0.6) is 5.75 Å². The van der Waals surface area contributed by atoms with Crippen molar-refractivity contribution in [2.24, 2.45) is 0 Å². The van der Waals surface area contributed by atoms with Gasteiger partial charge in [-0.2, -0.15) is 0 Å². The van der Waals surface area contributed by atoms with Gasteiger partial charge >= 0.3 is 0 Å². The molecule has 0 bridgehead atoms. The van der Waals surface area contributed by atoms with Crippen molar-refractivity contribution in [3.05, 3.63) is 58.1 Å². The first-order valence-electron chi connectivity index (χ1n) is 9.42. The van der Waals surface area contributed by atoms with E-state index in [1.807, 2.05) is 30.3 Å². The van der Waals surface area contributed by atoms with Crippen molar-refractivity contribution >= 4 is 34.1 Å². The minimum Gasteiger partial charge on any atom is -0.497 e. The highest BCUT2D eigenvalue weighted by atomic mass is 35.5. The van der Waals surface area contributed by atoms with Crippen LogP contribution in [0.2, 0.25) is 10.0 Å². The van der Waals surface area contributed by atoms with Crippen LogP contribution in [-0.4, -0.2) is 29.8 Å². The molecule has 2 aromatic carbocycles. The second kappa shape index (κ2) is 8.26. The van der Waals surface area contributed by atoms with Gasteiger partial charge in [-0.3, -0.25) is 0 Å². The number of aromatic nitrogens is 1. The number of hydrogen-bond acceptors (Lipinski definition) is 4. The van der Waals surface area contributed by atoms with Crippen LogP contribution in [0, 0.1) is 0 Å². The summed E-state index contributed by atoms with van der Waals surface area (Å²) in [4.78, 5) is 4.79. The molecule has 3 aromatic rings. The number of benzene rings is 2. The number of fused-ring (bicyclic) bond motifs is 1. The molecule has 1 fully saturated rings. The Bertz CT molecular complexity index is 1000. The molecular formula is C22H22Cl2N2O2. The minimum absolute atomic E-state index is 0.0206. The van der Waals surface area contributed by atoms with Gasteiger partial charge in [0, 0.05) is 17.0 Å². The van der Waals surface area contributed by atoms with E-state index < -0.39 is 6.10 Å². The quantitative estimate of drug-likeness (QED) is 0.598. The van der Waals surface area contributed by atoms with E-state index in [1.54, 1.807) is 19.2 Å². The Morgan fingerprint density at radius 3 is 2.68 bits per heavy atom. The molecule has 2 unspecified atom stereocenters. The third-order valence-electron chi connectivity index (χ3n) is 5.31. The molecule has 0 saturated carbocycles. The van der Waals surface area contributed by atoms with E-state index in [9.17, 15) is 5.11 Å². The summed E-state index contributed by atoms with van der Waals surface area (Å²) >= 11 is 12.3. The molecule has 1 aliphatic rings. The maximum atomic E-state index is 11.2. The van der Waals surface area contributed by atoms with Crippen LogP contribution < -0.4 is 10.1 Å². The molecule has 0 amide bonds. The number of aliphatic hydroxyl groups excluding tert-OH is 1. The molecule has 146 valence electrons. The Balaban J connectivity index is 1.87. The lowest BCUT2D eigenvalue weighted by Gasteiger charge is -2.29. The minimum atomic E-state index is -0.639. The normalized spacial score (nSPS) is 18.2. The van der Waals surface area contributed by atoms with Crippen molar-refractivity contribution in [3.8, 4) is 17.0 Å². The third kappa shape index (κ3) is 3.83. The van der Waals surface area contributed by atoms with E-state index >= 15 is 0 Å². The monoisotopic (exact) mass is 416 g/mol. The molecule has 2 heterocycles. The largest absolute Gasteiger partial charge is 0.497 e. The molecule has 0 spiro atoms. The molecule has 1 aromatic heterocycles. The van der Waals surface area contributed by atoms with E-state index in [4.69, 9.17) is 32.9 Å². The van der Waals surface area contributed by atoms with Crippen LogP contribution in [0.4, 0.5) is 0 Å². The van der Waals surface area contributed by atoms with Crippen molar-refractivity contribution in [1.82, 2.24) is 10.3 Å². The Morgan fingerprint density at radius 1 is 1.11 bits per heavy atom. The Morgan fingerprint density at radius 2 is 1.96 bits per heavy atom. The van der Waals surface area contributed by atoms with Crippen molar-refractivity contribution in [3.63, 3.8) is 0 Å². The van der Waals surface area contributed by atoms with Gasteiger partial charge in [-0.1, -0.05) is 35.7 Å². The van der Waals surface area contributed by atoms with Crippen LogP contribution in [0.15, 0.2) is 42.5 Å². The summed E-state index contributed by atoms with van der Waals surface area (Å²) in [6.45, 7) is 0.924. The SMILES string of the molecule is COc1ccc2nc(-c3ccc(Cl)c(Cl)c3)cc(C(O)C3CCCCN3)c2c1. The summed E-state index contributed by atoms with van der Waals surface area (Å²) in [5.41, 5.74) is 3.25. The molecule has 2 atom stereocenters. The summed E-state index contributed by atoms with van der Waals surface area (Å²) in [6, 6.07) is 13.1. The first kappa shape index (κ1) is 19.5. The molecule has 2 N–H and O–H groups in total. The van der Waals surface area contributed by atoms with E-state index in [1.165, 1.54) is 0 Å². The lowest BCUT2D eigenvalue weighted by atomic mass is 9.91. The second-order valence-electron chi connectivity index (χ2n) is 7.11. The Kier molecular flexibility index (Phi) is 5.74. The van der Waals surface area contributed by atoms with Crippen LogP contribution in [-0.2, 0) is 0 Å². The van der Waals surface area contributed by atoms with Crippen LogP contribution in [0.25, 0.3) is 22.2 Å². The third-order valence-corrected chi connectivity index (χ3v) is 6.05. The molecule has 28 heavy (non-hydrogen) atoms. The lowest BCUT2D eigenvalue weighted by molar-refractivity contribution is 0.115. The predicted molar refractivity (Wildman–Crippen MR) is 114 cm³/mol. The van der Waals surface area contributed by atoms with E-state index in [2.05, 4.69) is 5.32 Å². The zero-order valence-electron chi connectivity index (χ0n) is 15.6. The molecule has 0 aliphatic carbocycles. The zero-order valence-corrected chi connectivity index (χ0v) is 17.1. The molecule has 4 rings (SSSR count). The standard InChI is InChI=1S/C22H22Cl2N2O2/c1-28-14-6-8-19-15(11-14)16(22(27)20-4-2-3-9-25-20)12-21(26-19)13-5-7-17(23)18(24)10-13/h5-8,10-12,20,22,25,27H,2-4,9H2,1H3. The van der Waals surface area contributed by atoms with Gasteiger partial charge in [-0.15, -0.1) is 0 Å². The average molecular weight is 417 g/mol. The number of nitrogens with one attached hydrogen (secondary N) is 1. The van der Waals surface area contributed by atoms with Gasteiger partial charge in [-0.05, 0) is 61.3 Å². The first-order valence-corrected chi connectivity index (χ1v) is 10.2. The summed E-state index contributed by atoms with van der Waals surface area (Å²) in [5, 5.41) is 16.5. The highest BCUT2D eigenvalue weighted by molar-refractivity contribution is 6.42. The van der Waals surface area contributed by atoms with Gasteiger partial charge in [0.15, 0.2) is 0 Å². The summed E-state index contributed by atoms with van der Waals surface area (Å²) in [5.74, 6) is 0.738. The van der Waals surface area contributed by atoms with Gasteiger partial charge in [0.2, 0.25) is 0 Å².